The van der Waals surface area contributed by atoms with Crippen LogP contribution < -0.4 is 10.5 Å². The van der Waals surface area contributed by atoms with Crippen LogP contribution in [0.2, 0.25) is 0 Å². The van der Waals surface area contributed by atoms with Crippen LogP contribution in [0.1, 0.15) is 5.56 Å². The Morgan fingerprint density at radius 1 is 1.56 bits per heavy atom. The van der Waals surface area contributed by atoms with Crippen molar-refractivity contribution in [1.29, 1.82) is 0 Å². The second kappa shape index (κ2) is 5.80. The highest BCUT2D eigenvalue weighted by Gasteiger charge is 2.06. The van der Waals surface area contributed by atoms with Gasteiger partial charge in [0.25, 0.3) is 0 Å². The van der Waals surface area contributed by atoms with Crippen molar-refractivity contribution in [2.75, 3.05) is 19.5 Å². The summed E-state index contributed by atoms with van der Waals surface area (Å²) in [5.74, 6) is 0.209. The quantitative estimate of drug-likeness (QED) is 0.465. The summed E-state index contributed by atoms with van der Waals surface area (Å²) >= 11 is 0. The fourth-order valence-corrected chi connectivity index (χ4v) is 1.25. The van der Waals surface area contributed by atoms with Crippen LogP contribution in [0.5, 0.6) is 5.75 Å². The van der Waals surface area contributed by atoms with Gasteiger partial charge in [-0.3, -0.25) is 0 Å². The van der Waals surface area contributed by atoms with Gasteiger partial charge in [0, 0.05) is 5.69 Å². The first-order chi connectivity index (χ1) is 7.67. The fourth-order valence-electron chi connectivity index (χ4n) is 1.25. The Labute approximate surface area is 94.7 Å². The Balaban J connectivity index is 2.77. The lowest BCUT2D eigenvalue weighted by molar-refractivity contribution is -0.142. The molecule has 2 N–H and O–H groups in total. The highest BCUT2D eigenvalue weighted by molar-refractivity contribution is 5.71. The third-order valence-corrected chi connectivity index (χ3v) is 2.02. The van der Waals surface area contributed by atoms with Crippen molar-refractivity contribution in [3.05, 3.63) is 36.4 Å². The molecule has 0 amide bonds. The lowest BCUT2D eigenvalue weighted by Crippen LogP contribution is -2.13. The van der Waals surface area contributed by atoms with Crippen LogP contribution in [0.4, 0.5) is 5.69 Å². The molecule has 16 heavy (non-hydrogen) atoms. The van der Waals surface area contributed by atoms with Crippen LogP contribution in [-0.4, -0.2) is 19.7 Å². The number of ether oxygens (including phenoxy) is 2. The van der Waals surface area contributed by atoms with Crippen molar-refractivity contribution < 1.29 is 14.3 Å². The standard InChI is InChI=1S/C12H15NO3/c1-3-4-9-7-10(13)5-6-11(9)16-8-12(14)15-2/h3,5-7H,1,4,8,13H2,2H3. The van der Waals surface area contributed by atoms with E-state index in [0.717, 1.165) is 5.56 Å². The zero-order chi connectivity index (χ0) is 12.0. The molecule has 0 saturated heterocycles. The first kappa shape index (κ1) is 12.1. The Morgan fingerprint density at radius 3 is 2.94 bits per heavy atom. The molecule has 0 aliphatic rings. The van der Waals surface area contributed by atoms with Gasteiger partial charge in [0.05, 0.1) is 7.11 Å². The fraction of sp³-hybridized carbons (Fsp3) is 0.250. The van der Waals surface area contributed by atoms with Crippen LogP contribution in [0.25, 0.3) is 0 Å². The number of esters is 1. The van der Waals surface area contributed by atoms with E-state index in [2.05, 4.69) is 11.3 Å². The second-order valence-electron chi connectivity index (χ2n) is 3.22. The van der Waals surface area contributed by atoms with E-state index in [4.69, 9.17) is 10.5 Å². The van der Waals surface area contributed by atoms with Gasteiger partial charge < -0.3 is 15.2 Å². The van der Waals surface area contributed by atoms with Gasteiger partial charge in [-0.15, -0.1) is 6.58 Å². The number of hydrogen-bond acceptors (Lipinski definition) is 4. The molecule has 0 unspecified atom stereocenters. The number of nitrogens with two attached hydrogens (primary N) is 1. The van der Waals surface area contributed by atoms with E-state index in [1.807, 2.05) is 0 Å². The number of hydrogen-bond donors (Lipinski definition) is 1. The van der Waals surface area contributed by atoms with E-state index in [1.165, 1.54) is 7.11 Å². The Morgan fingerprint density at radius 2 is 2.31 bits per heavy atom. The summed E-state index contributed by atoms with van der Waals surface area (Å²) in [6.45, 7) is 3.54. The largest absolute Gasteiger partial charge is 0.482 e. The van der Waals surface area contributed by atoms with E-state index >= 15 is 0 Å². The van der Waals surface area contributed by atoms with Crippen molar-refractivity contribution in [2.45, 2.75) is 6.42 Å². The van der Waals surface area contributed by atoms with Gasteiger partial charge in [-0.1, -0.05) is 6.08 Å². The Hall–Kier alpha value is -1.97. The first-order valence-corrected chi connectivity index (χ1v) is 4.86. The van der Waals surface area contributed by atoms with E-state index < -0.39 is 5.97 Å². The average Bonchev–Trinajstić information content (AvgIpc) is 2.28. The molecule has 0 heterocycles. The Bertz CT molecular complexity index is 388. The monoisotopic (exact) mass is 221 g/mol. The van der Waals surface area contributed by atoms with Gasteiger partial charge in [-0.05, 0) is 30.2 Å². The molecule has 0 fully saturated rings. The van der Waals surface area contributed by atoms with Crippen molar-refractivity contribution in [2.24, 2.45) is 0 Å². The van der Waals surface area contributed by atoms with Gasteiger partial charge in [0.1, 0.15) is 5.75 Å². The van der Waals surface area contributed by atoms with Crippen molar-refractivity contribution in [1.82, 2.24) is 0 Å². The summed E-state index contributed by atoms with van der Waals surface area (Å²) < 4.78 is 9.81. The molecule has 0 aliphatic carbocycles. The number of benzene rings is 1. The molecular weight excluding hydrogens is 206 g/mol. The molecule has 4 heteroatoms. The smallest absolute Gasteiger partial charge is 0.343 e. The molecule has 0 radical (unpaired) electrons. The summed E-state index contributed by atoms with van der Waals surface area (Å²) in [7, 11) is 1.32. The predicted molar refractivity (Wildman–Crippen MR) is 62.3 cm³/mol. The van der Waals surface area contributed by atoms with Crippen molar-refractivity contribution in [3.63, 3.8) is 0 Å². The minimum Gasteiger partial charge on any atom is -0.482 e. The number of nitrogen functional groups attached to an aromatic ring is 1. The van der Waals surface area contributed by atoms with Crippen LogP contribution in [0.15, 0.2) is 30.9 Å². The minimum atomic E-state index is -0.415. The molecule has 0 atom stereocenters. The van der Waals surface area contributed by atoms with Gasteiger partial charge >= 0.3 is 5.97 Å². The molecule has 0 saturated carbocycles. The topological polar surface area (TPSA) is 61.5 Å². The number of anilines is 1. The average molecular weight is 221 g/mol. The zero-order valence-electron chi connectivity index (χ0n) is 9.23. The molecular formula is C12H15NO3. The summed E-state index contributed by atoms with van der Waals surface area (Å²) in [4.78, 5) is 10.9. The van der Waals surface area contributed by atoms with E-state index in [0.29, 0.717) is 17.9 Å². The number of carbonyl (C=O) groups is 1. The van der Waals surface area contributed by atoms with Gasteiger partial charge in [-0.2, -0.15) is 0 Å². The van der Waals surface area contributed by atoms with Crippen LogP contribution in [-0.2, 0) is 16.0 Å². The van der Waals surface area contributed by atoms with E-state index in [-0.39, 0.29) is 6.61 Å². The molecule has 0 spiro atoms. The molecule has 0 aromatic heterocycles. The summed E-state index contributed by atoms with van der Waals surface area (Å²) in [5.41, 5.74) is 7.22. The summed E-state index contributed by atoms with van der Waals surface area (Å²) in [5, 5.41) is 0. The number of rotatable bonds is 5. The molecule has 0 aliphatic heterocycles. The van der Waals surface area contributed by atoms with Crippen LogP contribution >= 0.6 is 0 Å². The first-order valence-electron chi connectivity index (χ1n) is 4.86. The molecule has 0 bridgehead atoms. The maximum Gasteiger partial charge on any atom is 0.343 e. The third-order valence-electron chi connectivity index (χ3n) is 2.02. The number of methoxy groups -OCH3 is 1. The van der Waals surface area contributed by atoms with Crippen LogP contribution in [0.3, 0.4) is 0 Å². The maximum absolute atomic E-state index is 10.9. The molecule has 1 aromatic carbocycles. The lowest BCUT2D eigenvalue weighted by Gasteiger charge is -2.10. The third kappa shape index (κ3) is 3.31. The summed E-state index contributed by atoms with van der Waals surface area (Å²) in [6.07, 6.45) is 2.39. The molecule has 86 valence electrons. The van der Waals surface area contributed by atoms with Crippen molar-refractivity contribution in [3.8, 4) is 5.75 Å². The molecule has 1 aromatic rings. The maximum atomic E-state index is 10.9. The van der Waals surface area contributed by atoms with E-state index in [1.54, 1.807) is 24.3 Å². The molecule has 1 rings (SSSR count). The summed E-state index contributed by atoms with van der Waals surface area (Å²) in [6, 6.07) is 5.25. The predicted octanol–water partition coefficient (Wildman–Crippen LogP) is 1.55. The zero-order valence-corrected chi connectivity index (χ0v) is 9.23. The normalized spacial score (nSPS) is 9.56. The SMILES string of the molecule is C=CCc1cc(N)ccc1OCC(=O)OC. The van der Waals surface area contributed by atoms with Gasteiger partial charge in [-0.25, -0.2) is 4.79 Å². The van der Waals surface area contributed by atoms with Crippen LogP contribution in [0, 0.1) is 0 Å². The Kier molecular flexibility index (Phi) is 4.39. The van der Waals surface area contributed by atoms with Gasteiger partial charge in [0.2, 0.25) is 0 Å². The second-order valence-corrected chi connectivity index (χ2v) is 3.22. The van der Waals surface area contributed by atoms with Gasteiger partial charge in [0.15, 0.2) is 6.61 Å². The number of carbonyl (C=O) groups excluding carboxylic acids is 1. The van der Waals surface area contributed by atoms with Crippen molar-refractivity contribution >= 4 is 11.7 Å². The number of allylic oxidation sites excluding steroid dienone is 1. The molecule has 4 nitrogen and oxygen atoms in total. The highest BCUT2D eigenvalue weighted by Crippen LogP contribution is 2.22. The minimum absolute atomic E-state index is 0.107. The van der Waals surface area contributed by atoms with E-state index in [9.17, 15) is 4.79 Å². The lowest BCUT2D eigenvalue weighted by atomic mass is 10.1. The highest BCUT2D eigenvalue weighted by atomic mass is 16.6.